The van der Waals surface area contributed by atoms with Crippen molar-refractivity contribution in [2.45, 2.75) is 0 Å². The van der Waals surface area contributed by atoms with Gasteiger partial charge in [0.25, 0.3) is 11.8 Å². The van der Waals surface area contributed by atoms with Gasteiger partial charge in [-0.1, -0.05) is 12.1 Å². The molecule has 136 valence electrons. The van der Waals surface area contributed by atoms with Crippen molar-refractivity contribution in [2.75, 3.05) is 18.5 Å². The van der Waals surface area contributed by atoms with E-state index in [2.05, 4.69) is 32.9 Å². The van der Waals surface area contributed by atoms with Crippen molar-refractivity contribution in [1.82, 2.24) is 14.3 Å². The molecule has 8 heteroatoms. The van der Waals surface area contributed by atoms with Crippen molar-refractivity contribution in [3.05, 3.63) is 64.1 Å². The lowest BCUT2D eigenvalue weighted by atomic mass is 10.1. The van der Waals surface area contributed by atoms with E-state index >= 15 is 0 Å². The summed E-state index contributed by atoms with van der Waals surface area (Å²) in [4.78, 5) is 29.7. The normalized spacial score (nSPS) is 14.1. The number of nitrogens with zero attached hydrogens (tertiary/aromatic N) is 3. The Bertz CT molecular complexity index is 1090. The number of β-amino-alcohol motifs (C(OH)–C–C–N with tert-alkyl or cyclic N) is 1. The van der Waals surface area contributed by atoms with E-state index in [1.165, 1.54) is 6.08 Å². The van der Waals surface area contributed by atoms with Crippen molar-refractivity contribution < 1.29 is 14.7 Å². The zero-order valence-electron chi connectivity index (χ0n) is 14.1. The largest absolute Gasteiger partial charge is 0.395 e. The highest BCUT2D eigenvalue weighted by atomic mass is 127. The van der Waals surface area contributed by atoms with Crippen LogP contribution in [0.5, 0.6) is 0 Å². The van der Waals surface area contributed by atoms with Gasteiger partial charge in [0, 0.05) is 33.3 Å². The monoisotopic (exact) mass is 474 g/mol. The van der Waals surface area contributed by atoms with Crippen molar-refractivity contribution >= 4 is 45.7 Å². The average molecular weight is 474 g/mol. The number of benzene rings is 1. The van der Waals surface area contributed by atoms with E-state index < -0.39 is 11.8 Å². The molecule has 0 unspecified atom stereocenters. The van der Waals surface area contributed by atoms with Crippen molar-refractivity contribution in [3.63, 3.8) is 0 Å². The molecule has 0 saturated carbocycles. The Morgan fingerprint density at radius 2 is 2.00 bits per heavy atom. The predicted octanol–water partition coefficient (Wildman–Crippen LogP) is 2.26. The molecule has 0 saturated heterocycles. The molecule has 3 aromatic rings. The summed E-state index contributed by atoms with van der Waals surface area (Å²) in [6.45, 7) is -0.277. The van der Waals surface area contributed by atoms with Crippen LogP contribution in [-0.2, 0) is 9.59 Å². The summed E-state index contributed by atoms with van der Waals surface area (Å²) in [7, 11) is 0. The Balaban J connectivity index is 1.60. The predicted molar refractivity (Wildman–Crippen MR) is 109 cm³/mol. The van der Waals surface area contributed by atoms with Gasteiger partial charge in [-0.05, 0) is 46.9 Å². The molecule has 0 radical (unpaired) electrons. The maximum atomic E-state index is 12.3. The van der Waals surface area contributed by atoms with E-state index in [0.29, 0.717) is 5.69 Å². The van der Waals surface area contributed by atoms with Crippen LogP contribution in [0, 0.1) is 3.57 Å². The Morgan fingerprint density at radius 3 is 2.81 bits per heavy atom. The van der Waals surface area contributed by atoms with Gasteiger partial charge in [0.15, 0.2) is 0 Å². The summed E-state index contributed by atoms with van der Waals surface area (Å²) in [5.74, 6) is -0.871. The van der Waals surface area contributed by atoms with E-state index in [4.69, 9.17) is 5.11 Å². The number of hydrogen-bond donors (Lipinski definition) is 2. The fourth-order valence-electron chi connectivity index (χ4n) is 2.93. The SMILES string of the molecule is O=C1C=C(Nc2cccc(-c3cn4cc(I)ccc4n3)c2)C(=O)N1CCO. The minimum Gasteiger partial charge on any atom is -0.395 e. The smallest absolute Gasteiger partial charge is 0.277 e. The van der Waals surface area contributed by atoms with Crippen LogP contribution in [0.15, 0.2) is 60.6 Å². The van der Waals surface area contributed by atoms with Gasteiger partial charge in [-0.2, -0.15) is 0 Å². The van der Waals surface area contributed by atoms with Gasteiger partial charge in [0.05, 0.1) is 18.8 Å². The summed E-state index contributed by atoms with van der Waals surface area (Å²) in [5.41, 5.74) is 3.42. The highest BCUT2D eigenvalue weighted by molar-refractivity contribution is 14.1. The highest BCUT2D eigenvalue weighted by Crippen LogP contribution is 2.25. The molecule has 27 heavy (non-hydrogen) atoms. The Labute approximate surface area is 168 Å². The molecule has 4 rings (SSSR count). The summed E-state index contributed by atoms with van der Waals surface area (Å²) < 4.78 is 3.08. The third-order valence-electron chi connectivity index (χ3n) is 4.19. The van der Waals surface area contributed by atoms with E-state index in [1.807, 2.05) is 53.2 Å². The van der Waals surface area contributed by atoms with Crippen LogP contribution >= 0.6 is 22.6 Å². The first kappa shape index (κ1) is 17.7. The lowest BCUT2D eigenvalue weighted by molar-refractivity contribution is -0.137. The number of carbonyl (C=O) groups excluding carboxylic acids is 2. The molecule has 0 aliphatic carbocycles. The number of aliphatic hydroxyl groups excluding tert-OH is 1. The summed E-state index contributed by atoms with van der Waals surface area (Å²) >= 11 is 2.25. The fraction of sp³-hybridized carbons (Fsp3) is 0.105. The minimum atomic E-state index is -0.443. The summed E-state index contributed by atoms with van der Waals surface area (Å²) in [6, 6.07) is 11.4. The van der Waals surface area contributed by atoms with E-state index in [-0.39, 0.29) is 18.8 Å². The maximum absolute atomic E-state index is 12.3. The van der Waals surface area contributed by atoms with E-state index in [0.717, 1.165) is 25.4 Å². The topological polar surface area (TPSA) is 86.9 Å². The molecule has 2 N–H and O–H groups in total. The van der Waals surface area contributed by atoms with Crippen LogP contribution in [-0.4, -0.2) is 44.4 Å². The maximum Gasteiger partial charge on any atom is 0.277 e. The number of anilines is 1. The Kier molecular flexibility index (Phi) is 4.66. The van der Waals surface area contributed by atoms with Gasteiger partial charge in [0.1, 0.15) is 11.3 Å². The number of imidazole rings is 1. The third kappa shape index (κ3) is 3.45. The van der Waals surface area contributed by atoms with Gasteiger partial charge in [-0.25, -0.2) is 4.98 Å². The van der Waals surface area contributed by atoms with Gasteiger partial charge in [-0.15, -0.1) is 0 Å². The third-order valence-corrected chi connectivity index (χ3v) is 4.82. The number of carbonyl (C=O) groups is 2. The molecule has 3 heterocycles. The second kappa shape index (κ2) is 7.12. The molecule has 1 aromatic carbocycles. The molecule has 0 fully saturated rings. The molecule has 0 atom stereocenters. The van der Waals surface area contributed by atoms with Gasteiger partial charge in [-0.3, -0.25) is 14.5 Å². The quantitative estimate of drug-likeness (QED) is 0.438. The Hall–Kier alpha value is -2.72. The molecule has 2 amide bonds. The van der Waals surface area contributed by atoms with Gasteiger partial charge < -0.3 is 14.8 Å². The van der Waals surface area contributed by atoms with Crippen LogP contribution in [0.4, 0.5) is 5.69 Å². The number of fused-ring (bicyclic) bond motifs is 1. The summed E-state index contributed by atoms with van der Waals surface area (Å²) in [6.07, 6.45) is 5.19. The lowest BCUT2D eigenvalue weighted by Crippen LogP contribution is -2.34. The molecule has 1 aliphatic heterocycles. The zero-order valence-corrected chi connectivity index (χ0v) is 16.3. The molecule has 0 bridgehead atoms. The number of halogens is 1. The van der Waals surface area contributed by atoms with Crippen LogP contribution in [0.1, 0.15) is 0 Å². The highest BCUT2D eigenvalue weighted by Gasteiger charge is 2.30. The van der Waals surface area contributed by atoms with Crippen LogP contribution in [0.3, 0.4) is 0 Å². The molecule has 2 aromatic heterocycles. The molecule has 1 aliphatic rings. The van der Waals surface area contributed by atoms with E-state index in [1.54, 1.807) is 0 Å². The molecular weight excluding hydrogens is 459 g/mol. The first-order chi connectivity index (χ1) is 13.0. The standard InChI is InChI=1S/C19H15IN4O3/c20-13-4-5-17-22-16(11-23(17)10-13)12-2-1-3-14(8-12)21-15-9-18(26)24(6-7-25)19(15)27/h1-5,8-11,21,25H,6-7H2. The molecule has 7 nitrogen and oxygen atoms in total. The number of rotatable bonds is 5. The Morgan fingerprint density at radius 1 is 1.15 bits per heavy atom. The lowest BCUT2D eigenvalue weighted by Gasteiger charge is -2.13. The first-order valence-electron chi connectivity index (χ1n) is 8.25. The van der Waals surface area contributed by atoms with Crippen molar-refractivity contribution in [3.8, 4) is 11.3 Å². The van der Waals surface area contributed by atoms with E-state index in [9.17, 15) is 9.59 Å². The first-order valence-corrected chi connectivity index (χ1v) is 9.33. The number of pyridine rings is 1. The molecular formula is C19H15IN4O3. The van der Waals surface area contributed by atoms with Crippen LogP contribution in [0.25, 0.3) is 16.9 Å². The fourth-order valence-corrected chi connectivity index (χ4v) is 3.41. The number of nitrogens with one attached hydrogen (secondary N) is 1. The average Bonchev–Trinajstić information content (AvgIpc) is 3.18. The summed E-state index contributed by atoms with van der Waals surface area (Å²) in [5, 5.41) is 12.0. The minimum absolute atomic E-state index is 0.0145. The van der Waals surface area contributed by atoms with Gasteiger partial charge in [0.2, 0.25) is 0 Å². The second-order valence-corrected chi connectivity index (χ2v) is 7.27. The number of amides is 2. The molecule has 0 spiro atoms. The number of imide groups is 1. The van der Waals surface area contributed by atoms with Crippen molar-refractivity contribution in [2.24, 2.45) is 0 Å². The number of aromatic nitrogens is 2. The van der Waals surface area contributed by atoms with Crippen LogP contribution < -0.4 is 5.32 Å². The van der Waals surface area contributed by atoms with Crippen LogP contribution in [0.2, 0.25) is 0 Å². The zero-order chi connectivity index (χ0) is 19.0. The van der Waals surface area contributed by atoms with Crippen molar-refractivity contribution in [1.29, 1.82) is 0 Å². The number of hydrogen-bond acceptors (Lipinski definition) is 5. The van der Waals surface area contributed by atoms with Gasteiger partial charge >= 0.3 is 0 Å². The second-order valence-electron chi connectivity index (χ2n) is 6.02. The number of aliphatic hydroxyl groups is 1.